The minimum Gasteiger partial charge on any atom is -0.462 e. The minimum atomic E-state index is -3.75. The van der Waals surface area contributed by atoms with Crippen LogP contribution >= 0.6 is 11.3 Å². The predicted octanol–water partition coefficient (Wildman–Crippen LogP) is 1.78. The van der Waals surface area contributed by atoms with Crippen molar-refractivity contribution in [1.29, 1.82) is 0 Å². The zero-order valence-corrected chi connectivity index (χ0v) is 16.1. The summed E-state index contributed by atoms with van der Waals surface area (Å²) in [6.45, 7) is 0.432. The average Bonchev–Trinajstić information content (AvgIpc) is 3.36. The van der Waals surface area contributed by atoms with Crippen LogP contribution in [-0.2, 0) is 22.6 Å². The molecule has 0 aliphatic carbocycles. The Balaban J connectivity index is 1.56. The van der Waals surface area contributed by atoms with Crippen molar-refractivity contribution in [2.24, 2.45) is 0 Å². The first-order valence-corrected chi connectivity index (χ1v) is 9.45. The molecule has 1 atom stereocenters. The van der Waals surface area contributed by atoms with E-state index in [2.05, 4.69) is 30.6 Å². The van der Waals surface area contributed by atoms with E-state index in [1.165, 1.54) is 18.3 Å². The van der Waals surface area contributed by atoms with E-state index in [9.17, 15) is 18.7 Å². The Bertz CT molecular complexity index is 950. The van der Waals surface area contributed by atoms with Crippen molar-refractivity contribution in [2.45, 2.75) is 32.2 Å². The van der Waals surface area contributed by atoms with Gasteiger partial charge in [0.2, 0.25) is 0 Å². The zero-order chi connectivity index (χ0) is 20.9. The third kappa shape index (κ3) is 5.37. The highest BCUT2D eigenvalue weighted by Gasteiger charge is 2.41. The van der Waals surface area contributed by atoms with E-state index in [1.807, 2.05) is 30.3 Å². The number of carbonyl (C=O) groups excluding carboxylic acids is 1. The summed E-state index contributed by atoms with van der Waals surface area (Å²) >= 11 is 1.36. The molecular weight excluding hydrogens is 406 g/mol. The summed E-state index contributed by atoms with van der Waals surface area (Å²) in [5.74, 6) is -5.39. The van der Waals surface area contributed by atoms with Crippen LogP contribution in [0.1, 0.15) is 23.9 Å². The SMILES string of the molecule is CCOC(=O)C(F)(F)Cn1cc(C(O)NCc2nnc(-c3ccccc3)s2)nn1. The van der Waals surface area contributed by atoms with Crippen molar-refractivity contribution >= 4 is 17.3 Å². The van der Waals surface area contributed by atoms with Gasteiger partial charge in [0.1, 0.15) is 22.3 Å². The number of carbonyl (C=O) groups is 1. The number of halogens is 2. The Morgan fingerprint density at radius 1 is 1.31 bits per heavy atom. The van der Waals surface area contributed by atoms with E-state index >= 15 is 0 Å². The van der Waals surface area contributed by atoms with Gasteiger partial charge in [0.15, 0.2) is 6.23 Å². The highest BCUT2D eigenvalue weighted by molar-refractivity contribution is 7.14. The smallest absolute Gasteiger partial charge is 0.379 e. The second-order valence-electron chi connectivity index (χ2n) is 5.92. The minimum absolute atomic E-state index is 0.0254. The molecule has 29 heavy (non-hydrogen) atoms. The first-order valence-electron chi connectivity index (χ1n) is 8.63. The molecule has 154 valence electrons. The van der Waals surface area contributed by atoms with Crippen molar-refractivity contribution < 1.29 is 23.4 Å². The van der Waals surface area contributed by atoms with Gasteiger partial charge in [0, 0.05) is 5.56 Å². The summed E-state index contributed by atoms with van der Waals surface area (Å²) in [4.78, 5) is 11.3. The number of nitrogens with zero attached hydrogens (tertiary/aromatic N) is 5. The lowest BCUT2D eigenvalue weighted by Crippen LogP contribution is -2.35. The maximum Gasteiger partial charge on any atom is 0.379 e. The normalized spacial score (nSPS) is 12.7. The molecule has 2 aromatic heterocycles. The molecule has 3 rings (SSSR count). The Hall–Kier alpha value is -2.83. The van der Waals surface area contributed by atoms with Gasteiger partial charge in [-0.1, -0.05) is 46.9 Å². The van der Waals surface area contributed by atoms with Gasteiger partial charge >= 0.3 is 11.9 Å². The fourth-order valence-electron chi connectivity index (χ4n) is 2.33. The third-order valence-corrected chi connectivity index (χ3v) is 4.68. The lowest BCUT2D eigenvalue weighted by Gasteiger charge is -2.13. The summed E-state index contributed by atoms with van der Waals surface area (Å²) in [5, 5.41) is 29.6. The van der Waals surface area contributed by atoms with Gasteiger partial charge < -0.3 is 9.84 Å². The van der Waals surface area contributed by atoms with Gasteiger partial charge in [0.25, 0.3) is 0 Å². The molecule has 0 aliphatic rings. The molecule has 0 spiro atoms. The maximum absolute atomic E-state index is 13.8. The molecular formula is C17H18F2N6O3S. The summed E-state index contributed by atoms with van der Waals surface area (Å²) in [7, 11) is 0. The van der Waals surface area contributed by atoms with Crippen LogP contribution in [-0.4, -0.2) is 48.8 Å². The number of nitrogens with one attached hydrogen (secondary N) is 1. The van der Waals surface area contributed by atoms with Crippen LogP contribution in [0.2, 0.25) is 0 Å². The highest BCUT2D eigenvalue weighted by Crippen LogP contribution is 2.23. The largest absolute Gasteiger partial charge is 0.462 e. The van der Waals surface area contributed by atoms with Gasteiger partial charge in [-0.15, -0.1) is 15.3 Å². The van der Waals surface area contributed by atoms with Crippen LogP contribution in [0.25, 0.3) is 10.6 Å². The predicted molar refractivity (Wildman–Crippen MR) is 98.7 cm³/mol. The van der Waals surface area contributed by atoms with Gasteiger partial charge in [0.05, 0.1) is 19.3 Å². The van der Waals surface area contributed by atoms with Gasteiger partial charge in [-0.25, -0.2) is 9.48 Å². The quantitative estimate of drug-likeness (QED) is 0.395. The second kappa shape index (κ2) is 9.11. The molecule has 2 N–H and O–H groups in total. The third-order valence-electron chi connectivity index (χ3n) is 3.71. The summed E-state index contributed by atoms with van der Waals surface area (Å²) in [6, 6.07) is 9.52. The van der Waals surface area contributed by atoms with Crippen LogP contribution in [0.5, 0.6) is 0 Å². The maximum atomic E-state index is 13.8. The van der Waals surface area contributed by atoms with Crippen LogP contribution in [0.4, 0.5) is 8.78 Å². The van der Waals surface area contributed by atoms with Crippen LogP contribution in [0.3, 0.4) is 0 Å². The van der Waals surface area contributed by atoms with Gasteiger partial charge in [-0.05, 0) is 6.92 Å². The number of aliphatic hydroxyl groups is 1. The van der Waals surface area contributed by atoms with E-state index in [0.717, 1.165) is 21.4 Å². The molecule has 0 aliphatic heterocycles. The number of aromatic nitrogens is 5. The number of esters is 1. The molecule has 2 heterocycles. The number of hydrogen-bond donors (Lipinski definition) is 2. The Kier molecular flexibility index (Phi) is 6.56. The molecule has 0 saturated carbocycles. The first-order chi connectivity index (χ1) is 13.9. The van der Waals surface area contributed by atoms with E-state index in [-0.39, 0.29) is 18.8 Å². The molecule has 1 unspecified atom stereocenters. The molecule has 0 bridgehead atoms. The number of rotatable bonds is 9. The van der Waals surface area contributed by atoms with Crippen molar-refractivity contribution in [1.82, 2.24) is 30.5 Å². The topological polar surface area (TPSA) is 115 Å². The van der Waals surface area contributed by atoms with E-state index in [1.54, 1.807) is 0 Å². The first kappa shape index (κ1) is 20.9. The molecule has 0 fully saturated rings. The fraction of sp³-hybridized carbons (Fsp3) is 0.353. The second-order valence-corrected chi connectivity index (χ2v) is 6.98. The van der Waals surface area contributed by atoms with Crippen molar-refractivity contribution in [3.05, 3.63) is 47.2 Å². The molecule has 0 saturated heterocycles. The fourth-order valence-corrected chi connectivity index (χ4v) is 3.13. The Morgan fingerprint density at radius 3 is 2.79 bits per heavy atom. The summed E-state index contributed by atoms with van der Waals surface area (Å²) in [5.41, 5.74) is 0.958. The van der Waals surface area contributed by atoms with Crippen LogP contribution in [0.15, 0.2) is 36.5 Å². The van der Waals surface area contributed by atoms with Crippen molar-refractivity contribution in [3.8, 4) is 10.6 Å². The number of ether oxygens (including phenoxy) is 1. The average molecular weight is 424 g/mol. The molecule has 9 nitrogen and oxygen atoms in total. The molecule has 1 aromatic carbocycles. The van der Waals surface area contributed by atoms with E-state index < -0.39 is 24.7 Å². The zero-order valence-electron chi connectivity index (χ0n) is 15.3. The van der Waals surface area contributed by atoms with Crippen LogP contribution < -0.4 is 5.32 Å². The summed E-state index contributed by atoms with van der Waals surface area (Å²) in [6.07, 6.45) is -0.135. The number of hydrogen-bond acceptors (Lipinski definition) is 9. The van der Waals surface area contributed by atoms with Gasteiger partial charge in [-0.3, -0.25) is 5.32 Å². The molecule has 0 amide bonds. The highest BCUT2D eigenvalue weighted by atomic mass is 32.1. The van der Waals surface area contributed by atoms with Gasteiger partial charge in [-0.2, -0.15) is 8.78 Å². The molecule has 0 radical (unpaired) electrons. The Labute approximate surface area is 168 Å². The number of alkyl halides is 2. The molecule has 12 heteroatoms. The lowest BCUT2D eigenvalue weighted by molar-refractivity contribution is -0.173. The monoisotopic (exact) mass is 424 g/mol. The lowest BCUT2D eigenvalue weighted by atomic mass is 10.2. The van der Waals surface area contributed by atoms with E-state index in [4.69, 9.17) is 0 Å². The molecule has 3 aromatic rings. The van der Waals surface area contributed by atoms with Crippen molar-refractivity contribution in [3.63, 3.8) is 0 Å². The standard InChI is InChI=1S/C17H18F2N6O3S/c1-2-28-16(27)17(18,19)10-25-9-12(21-24-25)14(26)20-8-13-22-23-15(29-13)11-6-4-3-5-7-11/h3-7,9,14,20,26H,2,8,10H2,1H3. The van der Waals surface area contributed by atoms with Crippen molar-refractivity contribution in [2.75, 3.05) is 6.61 Å². The Morgan fingerprint density at radius 2 is 2.07 bits per heavy atom. The number of benzene rings is 1. The number of aliphatic hydroxyl groups excluding tert-OH is 1. The summed E-state index contributed by atoms with van der Waals surface area (Å²) < 4.78 is 32.6. The van der Waals surface area contributed by atoms with Crippen LogP contribution in [0, 0.1) is 0 Å². The van der Waals surface area contributed by atoms with E-state index in [0.29, 0.717) is 5.01 Å².